The summed E-state index contributed by atoms with van der Waals surface area (Å²) < 4.78 is 41.6. The molecule has 1 atom stereocenters. The number of halogens is 4. The number of non-ortho nitro benzene ring substituents is 1. The Morgan fingerprint density at radius 3 is 2.45 bits per heavy atom. The Bertz CT molecular complexity index is 561. The lowest BCUT2D eigenvalue weighted by Gasteiger charge is -2.19. The maximum Gasteiger partial charge on any atom is 0.425 e. The van der Waals surface area contributed by atoms with Crippen LogP contribution in [0.25, 0.3) is 0 Å². The molecule has 6 nitrogen and oxygen atoms in total. The molecule has 1 unspecified atom stereocenters. The van der Waals surface area contributed by atoms with Gasteiger partial charge in [0.05, 0.1) is 9.95 Å². The van der Waals surface area contributed by atoms with E-state index in [1.807, 2.05) is 0 Å². The lowest BCUT2D eigenvalue weighted by Crippen LogP contribution is -2.31. The molecular weight excluding hydrogens is 307 g/mol. The molecule has 0 saturated heterocycles. The highest BCUT2D eigenvalue weighted by Gasteiger charge is 2.39. The van der Waals surface area contributed by atoms with E-state index in [1.54, 1.807) is 0 Å². The number of hydrogen-bond acceptors (Lipinski definition) is 4. The fourth-order valence-electron chi connectivity index (χ4n) is 1.21. The highest BCUT2D eigenvalue weighted by Crippen LogP contribution is 2.36. The summed E-state index contributed by atoms with van der Waals surface area (Å²) in [5.41, 5.74) is -1.49. The number of nitro groups is 1. The quantitative estimate of drug-likeness (QED) is 0.680. The van der Waals surface area contributed by atoms with Crippen LogP contribution in [-0.2, 0) is 0 Å². The minimum absolute atomic E-state index is 0.576. The van der Waals surface area contributed by atoms with Crippen molar-refractivity contribution in [3.63, 3.8) is 0 Å². The van der Waals surface area contributed by atoms with E-state index < -0.39 is 45.2 Å². The Kier molecular flexibility index (Phi) is 4.43. The third kappa shape index (κ3) is 3.50. The smallest absolute Gasteiger partial charge is 0.425 e. The van der Waals surface area contributed by atoms with Gasteiger partial charge in [0.1, 0.15) is 5.56 Å². The first-order valence-electron chi connectivity index (χ1n) is 4.98. The zero-order chi connectivity index (χ0) is 15.7. The van der Waals surface area contributed by atoms with Gasteiger partial charge in [-0.25, -0.2) is 4.79 Å². The molecule has 1 N–H and O–H groups in total. The van der Waals surface area contributed by atoms with Crippen molar-refractivity contribution >= 4 is 23.3 Å². The highest BCUT2D eigenvalue weighted by molar-refractivity contribution is 6.32. The monoisotopic (exact) mass is 313 g/mol. The molecule has 0 heterocycles. The van der Waals surface area contributed by atoms with Crippen molar-refractivity contribution in [3.8, 4) is 5.75 Å². The Labute approximate surface area is 114 Å². The minimum Gasteiger partial charge on any atom is -0.479 e. The predicted octanol–water partition coefficient (Wildman–Crippen LogP) is 3.28. The van der Waals surface area contributed by atoms with E-state index in [-0.39, 0.29) is 0 Å². The number of carboxylic acids is 1. The summed E-state index contributed by atoms with van der Waals surface area (Å²) in [5.74, 6) is -2.46. The van der Waals surface area contributed by atoms with Crippen molar-refractivity contribution in [3.05, 3.63) is 32.8 Å². The van der Waals surface area contributed by atoms with Crippen LogP contribution in [0.3, 0.4) is 0 Å². The molecule has 0 radical (unpaired) electrons. The molecule has 1 rings (SSSR count). The first-order chi connectivity index (χ1) is 9.04. The summed E-state index contributed by atoms with van der Waals surface area (Å²) >= 11 is 5.56. The van der Waals surface area contributed by atoms with E-state index in [0.717, 1.165) is 0 Å². The predicted molar refractivity (Wildman–Crippen MR) is 61.2 cm³/mol. The molecular formula is C10H7ClF3NO5. The Balaban J connectivity index is 3.32. The SMILES string of the molecule is CC(Oc1c(Cl)cc([N+](=O)[O-])cc1C(=O)O)C(F)(F)F. The van der Waals surface area contributed by atoms with Crippen LogP contribution in [0, 0.1) is 10.1 Å². The zero-order valence-electron chi connectivity index (χ0n) is 9.77. The molecule has 1 aromatic carbocycles. The number of ether oxygens (including phenoxy) is 1. The van der Waals surface area contributed by atoms with Crippen molar-refractivity contribution in [2.75, 3.05) is 0 Å². The van der Waals surface area contributed by atoms with Gasteiger partial charge in [-0.2, -0.15) is 13.2 Å². The molecule has 0 saturated carbocycles. The van der Waals surface area contributed by atoms with Crippen molar-refractivity contribution in [2.45, 2.75) is 19.2 Å². The molecule has 10 heteroatoms. The lowest BCUT2D eigenvalue weighted by atomic mass is 10.1. The van der Waals surface area contributed by atoms with E-state index in [2.05, 4.69) is 4.74 Å². The third-order valence-corrected chi connectivity index (χ3v) is 2.51. The number of rotatable bonds is 4. The van der Waals surface area contributed by atoms with E-state index >= 15 is 0 Å². The Morgan fingerprint density at radius 1 is 1.50 bits per heavy atom. The molecule has 1 aromatic rings. The number of aromatic carboxylic acids is 1. The van der Waals surface area contributed by atoms with Crippen LogP contribution < -0.4 is 4.74 Å². The molecule has 0 bridgehead atoms. The number of nitrogens with zero attached hydrogens (tertiary/aromatic N) is 1. The molecule has 20 heavy (non-hydrogen) atoms. The standard InChI is InChI=1S/C10H7ClF3NO5/c1-4(10(12,13)14)20-8-6(9(16)17)2-5(15(18)19)3-7(8)11/h2-4H,1H3,(H,16,17). The van der Waals surface area contributed by atoms with E-state index in [4.69, 9.17) is 16.7 Å². The van der Waals surface area contributed by atoms with Crippen LogP contribution >= 0.6 is 11.6 Å². The van der Waals surface area contributed by atoms with Gasteiger partial charge in [-0.3, -0.25) is 10.1 Å². The van der Waals surface area contributed by atoms with Gasteiger partial charge in [-0.1, -0.05) is 11.6 Å². The molecule has 0 fully saturated rings. The largest absolute Gasteiger partial charge is 0.479 e. The summed E-state index contributed by atoms with van der Waals surface area (Å²) in [7, 11) is 0. The third-order valence-electron chi connectivity index (χ3n) is 2.23. The number of hydrogen-bond donors (Lipinski definition) is 1. The van der Waals surface area contributed by atoms with Crippen LogP contribution in [0.5, 0.6) is 5.75 Å². The summed E-state index contributed by atoms with van der Waals surface area (Å²) in [5, 5.41) is 18.8. The molecule has 0 aliphatic rings. The molecule has 0 amide bonds. The first-order valence-corrected chi connectivity index (χ1v) is 5.36. The summed E-state index contributed by atoms with van der Waals surface area (Å²) in [6.45, 7) is 0.656. The number of carboxylic acid groups (broad SMARTS) is 1. The molecule has 0 aromatic heterocycles. The van der Waals surface area contributed by atoms with E-state index in [1.165, 1.54) is 0 Å². The second-order valence-electron chi connectivity index (χ2n) is 3.67. The lowest BCUT2D eigenvalue weighted by molar-refractivity contribution is -0.384. The van der Waals surface area contributed by atoms with Gasteiger partial charge in [-0.05, 0) is 6.92 Å². The van der Waals surface area contributed by atoms with Crippen LogP contribution in [0.4, 0.5) is 18.9 Å². The zero-order valence-corrected chi connectivity index (χ0v) is 10.5. The van der Waals surface area contributed by atoms with Gasteiger partial charge in [0.2, 0.25) is 0 Å². The minimum atomic E-state index is -4.74. The normalized spacial score (nSPS) is 12.8. The number of alkyl halides is 3. The van der Waals surface area contributed by atoms with Crippen LogP contribution in [0.2, 0.25) is 5.02 Å². The van der Waals surface area contributed by atoms with Crippen molar-refractivity contribution in [1.82, 2.24) is 0 Å². The van der Waals surface area contributed by atoms with Gasteiger partial charge in [0, 0.05) is 12.1 Å². The number of benzene rings is 1. The molecule has 110 valence electrons. The van der Waals surface area contributed by atoms with Crippen LogP contribution in [-0.4, -0.2) is 28.3 Å². The van der Waals surface area contributed by atoms with Gasteiger partial charge < -0.3 is 9.84 Å². The molecule has 0 spiro atoms. The topological polar surface area (TPSA) is 89.7 Å². The summed E-state index contributed by atoms with van der Waals surface area (Å²) in [6, 6.07) is 1.29. The van der Waals surface area contributed by atoms with Crippen LogP contribution in [0.15, 0.2) is 12.1 Å². The van der Waals surface area contributed by atoms with E-state index in [0.29, 0.717) is 19.1 Å². The summed E-state index contributed by atoms with van der Waals surface area (Å²) in [6.07, 6.45) is -7.06. The average molecular weight is 314 g/mol. The highest BCUT2D eigenvalue weighted by atomic mass is 35.5. The summed E-state index contributed by atoms with van der Waals surface area (Å²) in [4.78, 5) is 20.6. The second kappa shape index (κ2) is 5.53. The van der Waals surface area contributed by atoms with Crippen molar-refractivity contribution < 1.29 is 32.7 Å². The van der Waals surface area contributed by atoms with Crippen molar-refractivity contribution in [2.24, 2.45) is 0 Å². The first kappa shape index (κ1) is 16.0. The number of carbonyl (C=O) groups is 1. The maximum atomic E-state index is 12.4. The van der Waals surface area contributed by atoms with E-state index in [9.17, 15) is 28.1 Å². The average Bonchev–Trinajstić information content (AvgIpc) is 2.29. The molecule has 0 aliphatic carbocycles. The van der Waals surface area contributed by atoms with Crippen LogP contribution in [0.1, 0.15) is 17.3 Å². The van der Waals surface area contributed by atoms with Gasteiger partial charge >= 0.3 is 12.1 Å². The fraction of sp³-hybridized carbons (Fsp3) is 0.300. The second-order valence-corrected chi connectivity index (χ2v) is 4.08. The van der Waals surface area contributed by atoms with Crippen molar-refractivity contribution in [1.29, 1.82) is 0 Å². The maximum absolute atomic E-state index is 12.4. The Morgan fingerprint density at radius 2 is 2.05 bits per heavy atom. The fourth-order valence-corrected chi connectivity index (χ4v) is 1.46. The van der Waals surface area contributed by atoms with Gasteiger partial charge in [0.15, 0.2) is 11.9 Å². The Hall–Kier alpha value is -2.03. The number of nitro benzene ring substituents is 1. The van der Waals surface area contributed by atoms with Gasteiger partial charge in [0.25, 0.3) is 5.69 Å². The molecule has 0 aliphatic heterocycles. The van der Waals surface area contributed by atoms with Gasteiger partial charge in [-0.15, -0.1) is 0 Å².